The van der Waals surface area contributed by atoms with Crippen molar-refractivity contribution in [3.05, 3.63) is 72.3 Å². The molecule has 15 nitrogen and oxygen atoms in total. The summed E-state index contributed by atoms with van der Waals surface area (Å²) in [5.74, 6) is -1.34. The number of carbonyl (C=O) groups is 4. The molecule has 4 saturated carbocycles. The zero-order valence-corrected chi connectivity index (χ0v) is 36.4. The quantitative estimate of drug-likeness (QED) is 0.163. The molecule has 332 valence electrons. The molecule has 0 unspecified atom stereocenters. The number of allylic oxidation sites excluding steroid dienone is 1. The Bertz CT molecular complexity index is 2600. The first-order valence-corrected chi connectivity index (χ1v) is 24.3. The van der Waals surface area contributed by atoms with Gasteiger partial charge in [0.2, 0.25) is 27.7 Å². The smallest absolute Gasteiger partial charge is 0.408 e. The number of carbonyl (C=O) groups excluding carboxylic acids is 4. The van der Waals surface area contributed by atoms with Crippen LogP contribution in [0.3, 0.4) is 0 Å². The van der Waals surface area contributed by atoms with Crippen LogP contribution in [0.1, 0.15) is 115 Å². The zero-order chi connectivity index (χ0) is 43.5. The third kappa shape index (κ3) is 8.26. The van der Waals surface area contributed by atoms with E-state index in [1.54, 1.807) is 11.4 Å². The highest BCUT2D eigenvalue weighted by atomic mass is 32.2. The summed E-state index contributed by atoms with van der Waals surface area (Å²) < 4.78 is 42.1. The minimum Gasteiger partial charge on any atom is -0.472 e. The predicted octanol–water partition coefficient (Wildman–Crippen LogP) is 6.21. The molecule has 2 aromatic heterocycles. The zero-order valence-electron chi connectivity index (χ0n) is 35.6. The molecule has 3 N–H and O–H groups in total. The van der Waals surface area contributed by atoms with Crippen LogP contribution in [0.15, 0.2) is 66.7 Å². The van der Waals surface area contributed by atoms with Gasteiger partial charge in [-0.3, -0.25) is 19.1 Å². The summed E-state index contributed by atoms with van der Waals surface area (Å²) in [5, 5.41) is 11.5. The molecule has 1 saturated heterocycles. The van der Waals surface area contributed by atoms with E-state index in [0.29, 0.717) is 55.2 Å². The molecule has 4 aromatic rings. The average Bonchev–Trinajstić information content (AvgIpc) is 4.23. The highest BCUT2D eigenvalue weighted by Gasteiger charge is 2.63. The van der Waals surface area contributed by atoms with Gasteiger partial charge >= 0.3 is 6.09 Å². The van der Waals surface area contributed by atoms with E-state index in [9.17, 15) is 27.6 Å². The fourth-order valence-electron chi connectivity index (χ4n) is 9.63. The van der Waals surface area contributed by atoms with Gasteiger partial charge in [-0.15, -0.1) is 0 Å². The van der Waals surface area contributed by atoms with Gasteiger partial charge in [0, 0.05) is 29.4 Å². The molecular formula is C47H55N7O8S. The molecule has 0 radical (unpaired) electrons. The van der Waals surface area contributed by atoms with E-state index in [1.165, 1.54) is 23.3 Å². The Balaban J connectivity index is 0.982. The molecule has 6 aliphatic rings. The van der Waals surface area contributed by atoms with Crippen molar-refractivity contribution in [3.8, 4) is 17.1 Å². The largest absolute Gasteiger partial charge is 0.472 e. The Kier molecular flexibility index (Phi) is 10.7. The van der Waals surface area contributed by atoms with Crippen LogP contribution in [0.2, 0.25) is 0 Å². The van der Waals surface area contributed by atoms with Crippen LogP contribution >= 0.6 is 0 Å². The van der Waals surface area contributed by atoms with Crippen LogP contribution in [-0.2, 0) is 29.1 Å². The third-order valence-corrected chi connectivity index (χ3v) is 16.3. The van der Waals surface area contributed by atoms with E-state index < -0.39 is 68.2 Å². The van der Waals surface area contributed by atoms with E-state index in [4.69, 9.17) is 19.6 Å². The minimum absolute atomic E-state index is 0.0158. The van der Waals surface area contributed by atoms with Crippen LogP contribution in [0, 0.1) is 5.92 Å². The molecule has 5 atom stereocenters. The predicted molar refractivity (Wildman–Crippen MR) is 234 cm³/mol. The number of ether oxygens (including phenoxy) is 2. The lowest BCUT2D eigenvalue weighted by Gasteiger charge is -2.30. The maximum Gasteiger partial charge on any atom is 0.408 e. The van der Waals surface area contributed by atoms with Crippen molar-refractivity contribution < 1.29 is 37.1 Å². The van der Waals surface area contributed by atoms with Gasteiger partial charge in [0.05, 0.1) is 22.5 Å². The van der Waals surface area contributed by atoms with Crippen LogP contribution < -0.4 is 20.1 Å². The summed E-state index contributed by atoms with van der Waals surface area (Å²) in [6, 6.07) is 15.8. The van der Waals surface area contributed by atoms with Crippen molar-refractivity contribution >= 4 is 50.4 Å². The standard InChI is InChI=1S/C47H55N7O8S/c1-46(23-24-46)63(59,60)52-44(57)47-27-32(47)11-5-3-2-4-6-16-37(49-45(58)62-33-12-7-8-13-33)43(56)53-28-34(25-39(53)42(55)50-47)61-40-26-38(31-21-19-30(20-22-31)29-17-18-29)48-41-35-14-9-10-15-36(35)51-54(40)41/h5,9-11,14-15,19-22,26,29,32-34,37,39H,2-4,6-8,12-13,16-18,23-25,27-28H2,1H3,(H,49,58)(H,50,55)(H,52,57)/b11-5-/t32-,34+,37-,39-,47+/m0/s1. The van der Waals surface area contributed by atoms with Crippen LogP contribution in [0.5, 0.6) is 5.88 Å². The second kappa shape index (κ2) is 16.2. The van der Waals surface area contributed by atoms with Crippen LogP contribution in [-0.4, -0.2) is 92.9 Å². The van der Waals surface area contributed by atoms with E-state index in [1.807, 2.05) is 42.5 Å². The Morgan fingerprint density at radius 1 is 0.921 bits per heavy atom. The fourth-order valence-corrected chi connectivity index (χ4v) is 10.9. The molecule has 16 heteroatoms. The maximum atomic E-state index is 14.9. The summed E-state index contributed by atoms with van der Waals surface area (Å²) >= 11 is 0. The van der Waals surface area contributed by atoms with Crippen molar-refractivity contribution in [2.75, 3.05) is 6.54 Å². The van der Waals surface area contributed by atoms with Gasteiger partial charge in [0.15, 0.2) is 5.65 Å². The number of sulfonamides is 1. The van der Waals surface area contributed by atoms with Gasteiger partial charge in [0.1, 0.15) is 29.8 Å². The van der Waals surface area contributed by atoms with E-state index in [0.717, 1.165) is 55.0 Å². The first kappa shape index (κ1) is 41.5. The van der Waals surface area contributed by atoms with Crippen LogP contribution in [0.4, 0.5) is 4.79 Å². The number of fused-ring (bicyclic) bond motifs is 5. The summed E-state index contributed by atoms with van der Waals surface area (Å²) in [6.45, 7) is 1.59. The van der Waals surface area contributed by atoms with Gasteiger partial charge in [-0.1, -0.05) is 61.4 Å². The highest BCUT2D eigenvalue weighted by Crippen LogP contribution is 2.48. The number of benzene rings is 2. The number of nitrogens with zero attached hydrogens (tertiary/aromatic N) is 4. The number of nitrogens with one attached hydrogen (secondary N) is 3. The van der Waals surface area contributed by atoms with Gasteiger partial charge < -0.3 is 25.0 Å². The number of rotatable bonds is 9. The number of alkyl carbamates (subject to hydrolysis) is 1. The SMILES string of the molecule is CC1(S(=O)(=O)NC(=O)[C@@]23C[C@@H]2/C=C\CCCCC[C@H](NC(=O)OC2CCCC2)C(=O)N2C[C@H](Oc4cc(-c5ccc(C6CC6)cc5)nc5c6ccccc6nn45)C[C@H]2C(=O)N3)CC1. The first-order valence-electron chi connectivity index (χ1n) is 22.8. The summed E-state index contributed by atoms with van der Waals surface area (Å²) in [6.07, 6.45) is 12.5. The Labute approximate surface area is 366 Å². The van der Waals surface area contributed by atoms with E-state index >= 15 is 0 Å². The lowest BCUT2D eigenvalue weighted by Crippen LogP contribution is -2.58. The molecule has 4 amide bonds. The highest BCUT2D eigenvalue weighted by molar-refractivity contribution is 7.91. The van der Waals surface area contributed by atoms with Crippen molar-refractivity contribution in [1.82, 2.24) is 34.9 Å². The summed E-state index contributed by atoms with van der Waals surface area (Å²) in [5.41, 5.74) is 2.66. The minimum atomic E-state index is -4.01. The molecular weight excluding hydrogens is 823 g/mol. The second-order valence-electron chi connectivity index (χ2n) is 18.8. The maximum absolute atomic E-state index is 14.9. The summed E-state index contributed by atoms with van der Waals surface area (Å²) in [7, 11) is -4.01. The molecule has 10 rings (SSSR count). The molecule has 63 heavy (non-hydrogen) atoms. The van der Waals surface area contributed by atoms with Crippen molar-refractivity contribution in [2.45, 2.75) is 144 Å². The summed E-state index contributed by atoms with van der Waals surface area (Å²) in [4.78, 5) is 63.5. The third-order valence-electron chi connectivity index (χ3n) is 14.1. The van der Waals surface area contributed by atoms with E-state index in [-0.39, 0.29) is 25.5 Å². The Morgan fingerprint density at radius 2 is 1.68 bits per heavy atom. The van der Waals surface area contributed by atoms with Crippen molar-refractivity contribution in [1.29, 1.82) is 0 Å². The van der Waals surface area contributed by atoms with Crippen LogP contribution in [0.25, 0.3) is 27.8 Å². The van der Waals surface area contributed by atoms with Gasteiger partial charge in [-0.25, -0.2) is 18.2 Å². The normalized spacial score (nSPS) is 28.0. The van der Waals surface area contributed by atoms with Gasteiger partial charge in [-0.2, -0.15) is 9.61 Å². The average molecular weight is 878 g/mol. The fraction of sp³-hybridized carbons (Fsp3) is 0.532. The van der Waals surface area contributed by atoms with Gasteiger partial charge in [-0.05, 0) is 108 Å². The topological polar surface area (TPSA) is 190 Å². The second-order valence-corrected chi connectivity index (χ2v) is 21.0. The number of hydrogen-bond acceptors (Lipinski definition) is 10. The lowest BCUT2D eigenvalue weighted by molar-refractivity contribution is -0.141. The van der Waals surface area contributed by atoms with Crippen molar-refractivity contribution in [3.63, 3.8) is 0 Å². The lowest BCUT2D eigenvalue weighted by atomic mass is 10.0. The Morgan fingerprint density at radius 3 is 2.44 bits per heavy atom. The molecule has 4 heterocycles. The molecule has 0 spiro atoms. The number of aromatic nitrogens is 3. The number of hydrogen-bond donors (Lipinski definition) is 3. The van der Waals surface area contributed by atoms with Gasteiger partial charge in [0.25, 0.3) is 5.91 Å². The molecule has 5 fully saturated rings. The first-order chi connectivity index (χ1) is 30.4. The molecule has 2 aliphatic heterocycles. The number of amides is 4. The molecule has 0 bridgehead atoms. The van der Waals surface area contributed by atoms with E-state index in [2.05, 4.69) is 39.6 Å². The van der Waals surface area contributed by atoms with Crippen molar-refractivity contribution in [2.24, 2.45) is 5.92 Å². The monoisotopic (exact) mass is 877 g/mol. The molecule has 4 aliphatic carbocycles. The Hall–Kier alpha value is -5.51. The molecule has 2 aromatic carbocycles.